The Labute approximate surface area is 221 Å². The van der Waals surface area contributed by atoms with Crippen LogP contribution in [0.15, 0.2) is 34.8 Å². The van der Waals surface area contributed by atoms with E-state index in [9.17, 15) is 9.90 Å². The summed E-state index contributed by atoms with van der Waals surface area (Å²) in [5.74, 6) is 0.830. The topological polar surface area (TPSA) is 67.8 Å². The predicted octanol–water partition coefficient (Wildman–Crippen LogP) is 7.97. The van der Waals surface area contributed by atoms with Crippen molar-refractivity contribution in [3.8, 4) is 11.5 Å². The predicted molar refractivity (Wildman–Crippen MR) is 143 cm³/mol. The Bertz CT molecular complexity index is 1100. The zero-order chi connectivity index (χ0) is 25.4. The van der Waals surface area contributed by atoms with Gasteiger partial charge in [-0.2, -0.15) is 0 Å². The van der Waals surface area contributed by atoms with Gasteiger partial charge in [-0.15, -0.1) is 0 Å². The standard InChI is InChI=1S/C28H35BrClNO4/c1-5-6-11-34-23-15-20(31-16-17-12-19(29)14-22(30)25(17)32)7-8-21(23)26(33)35-24-13-18-9-10-28(24,4)27(18,2)3/h7-8,12,14-15,18,24,31-32H,5-6,9-11,13,16H2,1-4H3. The van der Waals surface area contributed by atoms with Gasteiger partial charge in [0.15, 0.2) is 0 Å². The number of esters is 1. The Morgan fingerprint density at radius 3 is 2.69 bits per heavy atom. The van der Waals surface area contributed by atoms with Crippen LogP contribution in [-0.2, 0) is 11.3 Å². The van der Waals surface area contributed by atoms with Gasteiger partial charge in [0.2, 0.25) is 0 Å². The number of anilines is 1. The zero-order valence-electron chi connectivity index (χ0n) is 20.9. The summed E-state index contributed by atoms with van der Waals surface area (Å²) in [6, 6.07) is 8.90. The van der Waals surface area contributed by atoms with Crippen LogP contribution in [0, 0.1) is 16.7 Å². The number of ether oxygens (including phenoxy) is 2. The van der Waals surface area contributed by atoms with E-state index in [2.05, 4.69) is 48.9 Å². The van der Waals surface area contributed by atoms with Crippen LogP contribution in [0.2, 0.25) is 5.02 Å². The highest BCUT2D eigenvalue weighted by Gasteiger charge is 2.62. The Kier molecular flexibility index (Phi) is 7.63. The number of benzene rings is 2. The smallest absolute Gasteiger partial charge is 0.342 e. The lowest BCUT2D eigenvalue weighted by molar-refractivity contribution is -0.0244. The van der Waals surface area contributed by atoms with Gasteiger partial charge in [-0.25, -0.2) is 4.79 Å². The van der Waals surface area contributed by atoms with E-state index in [1.807, 2.05) is 18.2 Å². The first-order chi connectivity index (χ1) is 16.6. The molecule has 0 aliphatic heterocycles. The molecule has 0 radical (unpaired) electrons. The van der Waals surface area contributed by atoms with E-state index >= 15 is 0 Å². The Hall–Kier alpha value is -1.92. The fourth-order valence-corrected chi connectivity index (χ4v) is 6.58. The molecule has 4 rings (SSSR count). The number of fused-ring (bicyclic) bond motifs is 2. The van der Waals surface area contributed by atoms with Gasteiger partial charge in [0.05, 0.1) is 11.6 Å². The maximum absolute atomic E-state index is 13.3. The second kappa shape index (κ2) is 10.2. The molecular formula is C28H35BrClNO4. The van der Waals surface area contributed by atoms with Gasteiger partial charge in [-0.1, -0.05) is 61.6 Å². The molecule has 0 amide bonds. The van der Waals surface area contributed by atoms with Crippen LogP contribution >= 0.6 is 27.5 Å². The molecule has 2 bridgehead atoms. The van der Waals surface area contributed by atoms with Crippen LogP contribution in [-0.4, -0.2) is 23.8 Å². The fourth-order valence-electron chi connectivity index (χ4n) is 5.70. The first-order valence-corrected chi connectivity index (χ1v) is 13.6. The molecule has 7 heteroatoms. The van der Waals surface area contributed by atoms with Crippen LogP contribution in [0.1, 0.15) is 75.7 Å². The van der Waals surface area contributed by atoms with E-state index in [1.165, 1.54) is 6.42 Å². The van der Waals surface area contributed by atoms with Crippen molar-refractivity contribution in [3.63, 3.8) is 0 Å². The summed E-state index contributed by atoms with van der Waals surface area (Å²) in [6.07, 6.45) is 5.05. The maximum Gasteiger partial charge on any atom is 0.342 e. The minimum absolute atomic E-state index is 0.00525. The first kappa shape index (κ1) is 26.2. The molecule has 35 heavy (non-hydrogen) atoms. The van der Waals surface area contributed by atoms with Gasteiger partial charge in [0.25, 0.3) is 0 Å². The number of hydrogen-bond acceptors (Lipinski definition) is 5. The maximum atomic E-state index is 13.3. The lowest BCUT2D eigenvalue weighted by Crippen LogP contribution is -2.38. The summed E-state index contributed by atoms with van der Waals surface area (Å²) in [4.78, 5) is 13.3. The number of unbranched alkanes of at least 4 members (excludes halogenated alkanes) is 1. The molecule has 5 nitrogen and oxygen atoms in total. The summed E-state index contributed by atoms with van der Waals surface area (Å²) in [6.45, 7) is 9.89. The molecule has 2 aromatic carbocycles. The minimum Gasteiger partial charge on any atom is -0.506 e. The van der Waals surface area contributed by atoms with Gasteiger partial charge in [0, 0.05) is 33.7 Å². The second-order valence-electron chi connectivity index (χ2n) is 10.7. The van der Waals surface area contributed by atoms with Gasteiger partial charge in [-0.05, 0) is 61.3 Å². The summed E-state index contributed by atoms with van der Waals surface area (Å²) in [7, 11) is 0. The van der Waals surface area contributed by atoms with Gasteiger partial charge in [-0.3, -0.25) is 0 Å². The van der Waals surface area contributed by atoms with E-state index in [1.54, 1.807) is 12.1 Å². The Morgan fingerprint density at radius 2 is 2.03 bits per heavy atom. The number of aromatic hydroxyl groups is 1. The molecule has 2 fully saturated rings. The number of phenolic OH excluding ortho intramolecular Hbond substituents is 1. The molecular weight excluding hydrogens is 530 g/mol. The fraction of sp³-hybridized carbons (Fsp3) is 0.536. The molecule has 2 N–H and O–H groups in total. The molecule has 0 spiro atoms. The lowest BCUT2D eigenvalue weighted by atomic mass is 9.70. The number of phenols is 1. The monoisotopic (exact) mass is 563 g/mol. The molecule has 0 aromatic heterocycles. The van der Waals surface area contributed by atoms with Crippen molar-refractivity contribution in [2.45, 2.75) is 72.4 Å². The van der Waals surface area contributed by atoms with Gasteiger partial charge >= 0.3 is 5.97 Å². The van der Waals surface area contributed by atoms with Crippen LogP contribution in [0.3, 0.4) is 0 Å². The average Bonchev–Trinajstić information content (AvgIpc) is 3.14. The number of carbonyl (C=O) groups is 1. The molecule has 0 heterocycles. The molecule has 2 aliphatic rings. The highest BCUT2D eigenvalue weighted by molar-refractivity contribution is 9.10. The van der Waals surface area contributed by atoms with Crippen LogP contribution < -0.4 is 10.1 Å². The van der Waals surface area contributed by atoms with E-state index in [4.69, 9.17) is 21.1 Å². The molecule has 3 atom stereocenters. The van der Waals surface area contributed by atoms with Crippen molar-refractivity contribution in [1.82, 2.24) is 0 Å². The van der Waals surface area contributed by atoms with Crippen molar-refractivity contribution >= 4 is 39.2 Å². The second-order valence-corrected chi connectivity index (χ2v) is 12.0. The third-order valence-corrected chi connectivity index (χ3v) is 9.26. The number of hydrogen-bond donors (Lipinski definition) is 2. The Balaban J connectivity index is 1.52. The van der Waals surface area contributed by atoms with E-state index in [-0.39, 0.29) is 33.7 Å². The molecule has 0 saturated heterocycles. The van der Waals surface area contributed by atoms with Crippen molar-refractivity contribution in [1.29, 1.82) is 0 Å². The van der Waals surface area contributed by atoms with Gasteiger partial charge in [0.1, 0.15) is 23.2 Å². The van der Waals surface area contributed by atoms with Crippen molar-refractivity contribution in [3.05, 3.63) is 51.0 Å². The largest absolute Gasteiger partial charge is 0.506 e. The zero-order valence-corrected chi connectivity index (χ0v) is 23.3. The van der Waals surface area contributed by atoms with Crippen LogP contribution in [0.4, 0.5) is 5.69 Å². The quantitative estimate of drug-likeness (QED) is 0.239. The van der Waals surface area contributed by atoms with Crippen molar-refractivity contribution in [2.75, 3.05) is 11.9 Å². The van der Waals surface area contributed by atoms with E-state index in [0.717, 1.165) is 35.8 Å². The van der Waals surface area contributed by atoms with Crippen LogP contribution in [0.25, 0.3) is 0 Å². The number of rotatable bonds is 9. The summed E-state index contributed by atoms with van der Waals surface area (Å²) in [5, 5.41) is 13.9. The lowest BCUT2D eigenvalue weighted by Gasteiger charge is -2.38. The third-order valence-electron chi connectivity index (χ3n) is 8.51. The summed E-state index contributed by atoms with van der Waals surface area (Å²) in [5.41, 5.74) is 2.06. The van der Waals surface area contributed by atoms with Crippen molar-refractivity contribution in [2.24, 2.45) is 16.7 Å². The summed E-state index contributed by atoms with van der Waals surface area (Å²) >= 11 is 9.50. The summed E-state index contributed by atoms with van der Waals surface area (Å²) < 4.78 is 13.0. The normalized spacial score (nSPS) is 24.4. The number of halogens is 2. The Morgan fingerprint density at radius 1 is 1.26 bits per heavy atom. The van der Waals surface area contributed by atoms with E-state index < -0.39 is 0 Å². The minimum atomic E-state index is -0.325. The number of carbonyl (C=O) groups excluding carboxylic acids is 1. The molecule has 3 unspecified atom stereocenters. The molecule has 2 saturated carbocycles. The highest BCUT2D eigenvalue weighted by atomic mass is 79.9. The molecule has 2 aliphatic carbocycles. The molecule has 190 valence electrons. The van der Waals surface area contributed by atoms with Crippen molar-refractivity contribution < 1.29 is 19.4 Å². The van der Waals surface area contributed by atoms with E-state index in [0.29, 0.717) is 35.9 Å². The average molecular weight is 565 g/mol. The SMILES string of the molecule is CCCCOc1cc(NCc2cc(Br)cc(Cl)c2O)ccc1C(=O)OC1CC2CCC1(C)C2(C)C. The van der Waals surface area contributed by atoms with Gasteiger partial charge < -0.3 is 19.9 Å². The first-order valence-electron chi connectivity index (χ1n) is 12.5. The highest BCUT2D eigenvalue weighted by Crippen LogP contribution is 2.66. The van der Waals surface area contributed by atoms with Crippen LogP contribution in [0.5, 0.6) is 11.5 Å². The number of nitrogens with one attached hydrogen (secondary N) is 1. The third kappa shape index (κ3) is 5.01. The molecule has 2 aromatic rings.